The number of halogens is 1. The second-order valence-electron chi connectivity index (χ2n) is 4.86. The van der Waals surface area contributed by atoms with Crippen molar-refractivity contribution < 1.29 is 14.3 Å². The van der Waals surface area contributed by atoms with Crippen LogP contribution in [0.1, 0.15) is 16.8 Å². The molecule has 1 aromatic rings. The number of likely N-dealkylation sites (tertiary alicyclic amines) is 1. The molecule has 1 unspecified atom stereocenters. The lowest BCUT2D eigenvalue weighted by atomic mass is 10.1. The topological polar surface area (TPSA) is 50.8 Å². The van der Waals surface area contributed by atoms with E-state index in [9.17, 15) is 4.79 Å². The number of amides is 1. The van der Waals surface area contributed by atoms with Gasteiger partial charge in [0.15, 0.2) is 11.5 Å². The van der Waals surface area contributed by atoms with E-state index in [2.05, 4.69) is 5.32 Å². The highest BCUT2D eigenvalue weighted by Gasteiger charge is 2.29. The average molecular weight is 299 g/mol. The number of hydrogen-bond acceptors (Lipinski definition) is 4. The number of hydrogen-bond donors (Lipinski definition) is 1. The van der Waals surface area contributed by atoms with Crippen molar-refractivity contribution in [3.63, 3.8) is 0 Å². The van der Waals surface area contributed by atoms with E-state index in [1.54, 1.807) is 0 Å². The Kier molecular flexibility index (Phi) is 4.73. The first-order chi connectivity index (χ1) is 9.29. The second kappa shape index (κ2) is 6.33. The summed E-state index contributed by atoms with van der Waals surface area (Å²) < 4.78 is 11.1. The molecule has 1 aromatic carbocycles. The second-order valence-corrected chi connectivity index (χ2v) is 4.86. The zero-order chi connectivity index (χ0) is 13.2. The number of likely N-dealkylation sites (N-methyl/N-ethyl adjacent to an activating group) is 1. The van der Waals surface area contributed by atoms with Crippen LogP contribution in [0.5, 0.6) is 11.5 Å². The van der Waals surface area contributed by atoms with Crippen LogP contribution in [0.2, 0.25) is 0 Å². The van der Waals surface area contributed by atoms with Crippen molar-refractivity contribution in [3.05, 3.63) is 23.8 Å². The van der Waals surface area contributed by atoms with Gasteiger partial charge in [-0.15, -0.1) is 12.4 Å². The number of nitrogens with one attached hydrogen (secondary N) is 1. The summed E-state index contributed by atoms with van der Waals surface area (Å²) >= 11 is 0. The summed E-state index contributed by atoms with van der Waals surface area (Å²) in [5, 5.41) is 3.21. The smallest absolute Gasteiger partial charge is 0.257 e. The van der Waals surface area contributed by atoms with Crippen LogP contribution in [0.3, 0.4) is 0 Å². The molecule has 0 aromatic heterocycles. The molecule has 0 spiro atoms. The fourth-order valence-corrected chi connectivity index (χ4v) is 2.59. The summed E-state index contributed by atoms with van der Waals surface area (Å²) in [6.07, 6.45) is 0.995. The molecule has 3 rings (SSSR count). The maximum absolute atomic E-state index is 12.5. The normalized spacial score (nSPS) is 20.4. The molecule has 0 saturated carbocycles. The molecule has 20 heavy (non-hydrogen) atoms. The Morgan fingerprint density at radius 1 is 1.35 bits per heavy atom. The van der Waals surface area contributed by atoms with Crippen LogP contribution in [0.15, 0.2) is 18.2 Å². The van der Waals surface area contributed by atoms with Gasteiger partial charge in [0, 0.05) is 19.1 Å². The predicted octanol–water partition coefficient (Wildman–Crippen LogP) is 1.31. The summed E-state index contributed by atoms with van der Waals surface area (Å²) in [6.45, 7) is 2.57. The van der Waals surface area contributed by atoms with Gasteiger partial charge in [0.05, 0.1) is 5.56 Å². The van der Waals surface area contributed by atoms with Crippen molar-refractivity contribution in [3.8, 4) is 11.5 Å². The first-order valence-corrected chi connectivity index (χ1v) is 6.64. The Morgan fingerprint density at radius 2 is 2.15 bits per heavy atom. The molecular weight excluding hydrogens is 280 g/mol. The van der Waals surface area contributed by atoms with Crippen molar-refractivity contribution in [1.82, 2.24) is 10.2 Å². The van der Waals surface area contributed by atoms with Crippen LogP contribution in [0.4, 0.5) is 0 Å². The zero-order valence-corrected chi connectivity index (χ0v) is 12.2. The van der Waals surface area contributed by atoms with Crippen LogP contribution < -0.4 is 14.8 Å². The predicted molar refractivity (Wildman–Crippen MR) is 78.0 cm³/mol. The Bertz CT molecular complexity index is 495. The minimum Gasteiger partial charge on any atom is -0.486 e. The highest BCUT2D eigenvalue weighted by atomic mass is 35.5. The quantitative estimate of drug-likeness (QED) is 0.894. The van der Waals surface area contributed by atoms with E-state index in [-0.39, 0.29) is 18.3 Å². The van der Waals surface area contributed by atoms with Crippen molar-refractivity contribution in [2.75, 3.05) is 33.4 Å². The lowest BCUT2D eigenvalue weighted by Gasteiger charge is -2.23. The summed E-state index contributed by atoms with van der Waals surface area (Å²) in [5.41, 5.74) is 0.606. The SMILES string of the molecule is CNC1CCN(C(=O)c2cccc3c2OCCO3)C1.Cl. The van der Waals surface area contributed by atoms with E-state index < -0.39 is 0 Å². The molecule has 0 radical (unpaired) electrons. The van der Waals surface area contributed by atoms with E-state index in [1.807, 2.05) is 30.1 Å². The maximum Gasteiger partial charge on any atom is 0.257 e. The Labute approximate surface area is 124 Å². The minimum atomic E-state index is 0. The van der Waals surface area contributed by atoms with Gasteiger partial charge in [0.25, 0.3) is 5.91 Å². The van der Waals surface area contributed by atoms with Gasteiger partial charge in [-0.05, 0) is 25.6 Å². The molecule has 1 fully saturated rings. The number of rotatable bonds is 2. The van der Waals surface area contributed by atoms with Crippen molar-refractivity contribution in [2.24, 2.45) is 0 Å². The third-order valence-corrected chi connectivity index (χ3v) is 3.68. The third-order valence-electron chi connectivity index (χ3n) is 3.68. The standard InChI is InChI=1S/C14H18N2O3.ClH/c1-15-10-5-6-16(9-10)14(17)11-3-2-4-12-13(11)19-8-7-18-12;/h2-4,10,15H,5-9H2,1H3;1H. The van der Waals surface area contributed by atoms with Gasteiger partial charge >= 0.3 is 0 Å². The molecular formula is C14H19ClN2O3. The molecule has 1 N–H and O–H groups in total. The van der Waals surface area contributed by atoms with Gasteiger partial charge in [0.2, 0.25) is 0 Å². The van der Waals surface area contributed by atoms with E-state index in [0.29, 0.717) is 36.3 Å². The number of carbonyl (C=O) groups excluding carboxylic acids is 1. The summed E-state index contributed by atoms with van der Waals surface area (Å²) in [7, 11) is 1.93. The van der Waals surface area contributed by atoms with E-state index in [0.717, 1.165) is 19.5 Å². The van der Waals surface area contributed by atoms with Crippen LogP contribution in [-0.2, 0) is 0 Å². The Balaban J connectivity index is 0.00000147. The highest BCUT2D eigenvalue weighted by Crippen LogP contribution is 2.34. The fourth-order valence-electron chi connectivity index (χ4n) is 2.59. The van der Waals surface area contributed by atoms with E-state index in [1.165, 1.54) is 0 Å². The number of para-hydroxylation sites is 1. The molecule has 110 valence electrons. The number of carbonyl (C=O) groups is 1. The molecule has 2 heterocycles. The van der Waals surface area contributed by atoms with Crippen molar-refractivity contribution in [2.45, 2.75) is 12.5 Å². The Morgan fingerprint density at radius 3 is 2.90 bits per heavy atom. The number of fused-ring (bicyclic) bond motifs is 1. The largest absolute Gasteiger partial charge is 0.486 e. The lowest BCUT2D eigenvalue weighted by molar-refractivity contribution is 0.0779. The molecule has 1 amide bonds. The summed E-state index contributed by atoms with van der Waals surface area (Å²) in [6, 6.07) is 5.88. The fraction of sp³-hybridized carbons (Fsp3) is 0.500. The van der Waals surface area contributed by atoms with Gasteiger partial charge in [-0.25, -0.2) is 0 Å². The first kappa shape index (κ1) is 14.9. The molecule has 5 nitrogen and oxygen atoms in total. The van der Waals surface area contributed by atoms with Gasteiger partial charge in [-0.2, -0.15) is 0 Å². The van der Waals surface area contributed by atoms with Gasteiger partial charge < -0.3 is 19.7 Å². The molecule has 1 saturated heterocycles. The van der Waals surface area contributed by atoms with E-state index in [4.69, 9.17) is 9.47 Å². The molecule has 0 aliphatic carbocycles. The maximum atomic E-state index is 12.5. The molecule has 1 atom stereocenters. The van der Waals surface area contributed by atoms with Crippen molar-refractivity contribution in [1.29, 1.82) is 0 Å². The number of nitrogens with zero attached hydrogens (tertiary/aromatic N) is 1. The average Bonchev–Trinajstić information content (AvgIpc) is 2.95. The van der Waals surface area contributed by atoms with Gasteiger partial charge in [-0.3, -0.25) is 4.79 Å². The van der Waals surface area contributed by atoms with Gasteiger partial charge in [0.1, 0.15) is 13.2 Å². The highest BCUT2D eigenvalue weighted by molar-refractivity contribution is 5.98. The molecule has 6 heteroatoms. The molecule has 2 aliphatic rings. The van der Waals surface area contributed by atoms with E-state index >= 15 is 0 Å². The van der Waals surface area contributed by atoms with Crippen LogP contribution >= 0.6 is 12.4 Å². The zero-order valence-electron chi connectivity index (χ0n) is 11.4. The third kappa shape index (κ3) is 2.69. The number of benzene rings is 1. The van der Waals surface area contributed by atoms with Crippen molar-refractivity contribution >= 4 is 18.3 Å². The van der Waals surface area contributed by atoms with Gasteiger partial charge in [-0.1, -0.05) is 6.07 Å². The van der Waals surface area contributed by atoms with Crippen LogP contribution in [-0.4, -0.2) is 50.2 Å². The number of ether oxygens (including phenoxy) is 2. The molecule has 2 aliphatic heterocycles. The first-order valence-electron chi connectivity index (χ1n) is 6.64. The minimum absolute atomic E-state index is 0. The van der Waals surface area contributed by atoms with Crippen LogP contribution in [0, 0.1) is 0 Å². The van der Waals surface area contributed by atoms with Crippen LogP contribution in [0.25, 0.3) is 0 Å². The molecule has 0 bridgehead atoms. The monoisotopic (exact) mass is 298 g/mol. The lowest BCUT2D eigenvalue weighted by Crippen LogP contribution is -2.34. The Hall–Kier alpha value is -1.46. The summed E-state index contributed by atoms with van der Waals surface area (Å²) in [4.78, 5) is 14.4. The summed E-state index contributed by atoms with van der Waals surface area (Å²) in [5.74, 6) is 1.29.